The van der Waals surface area contributed by atoms with Crippen LogP contribution in [0.1, 0.15) is 6.92 Å². The Bertz CT molecular complexity index is 639. The average Bonchev–Trinajstić information content (AvgIpc) is 2.13. The van der Waals surface area contributed by atoms with Crippen molar-refractivity contribution in [3.05, 3.63) is 18.2 Å². The number of carbonyl (C=O) groups excluding carboxylic acids is 1. The van der Waals surface area contributed by atoms with Crippen molar-refractivity contribution in [2.45, 2.75) is 16.7 Å². The highest BCUT2D eigenvalue weighted by molar-refractivity contribution is 7.91. The summed E-state index contributed by atoms with van der Waals surface area (Å²) in [4.78, 5) is 10.6. The van der Waals surface area contributed by atoms with Gasteiger partial charge in [0.1, 0.15) is 0 Å². The van der Waals surface area contributed by atoms with Gasteiger partial charge >= 0.3 is 0 Å². The fourth-order valence-corrected chi connectivity index (χ4v) is 2.71. The van der Waals surface area contributed by atoms with E-state index in [0.29, 0.717) is 0 Å². The van der Waals surface area contributed by atoms with Crippen LogP contribution in [0.5, 0.6) is 0 Å². The first kappa shape index (κ1) is 14.7. The van der Waals surface area contributed by atoms with Crippen LogP contribution in [-0.4, -0.2) is 35.3 Å². The summed E-state index contributed by atoms with van der Waals surface area (Å²) in [6, 6.07) is 3.49. The van der Waals surface area contributed by atoms with E-state index >= 15 is 0 Å². The highest BCUT2D eigenvalue weighted by Crippen LogP contribution is 2.22. The second kappa shape index (κ2) is 4.69. The molecule has 18 heavy (non-hydrogen) atoms. The molecule has 6 nitrogen and oxygen atoms in total. The van der Waals surface area contributed by atoms with Crippen LogP contribution in [0.4, 0.5) is 5.69 Å². The van der Waals surface area contributed by atoms with Crippen molar-refractivity contribution in [2.24, 2.45) is 0 Å². The van der Waals surface area contributed by atoms with E-state index in [1.807, 2.05) is 0 Å². The number of hydrogen-bond acceptors (Lipinski definition) is 5. The molecular formula is C10H13NO5S2. The summed E-state index contributed by atoms with van der Waals surface area (Å²) in [6.45, 7) is 1.24. The van der Waals surface area contributed by atoms with Gasteiger partial charge in [-0.05, 0) is 18.2 Å². The Morgan fingerprint density at radius 2 is 1.33 bits per heavy atom. The zero-order valence-corrected chi connectivity index (χ0v) is 11.7. The topological polar surface area (TPSA) is 97.4 Å². The molecule has 0 atom stereocenters. The Labute approximate surface area is 106 Å². The lowest BCUT2D eigenvalue weighted by molar-refractivity contribution is -0.114. The zero-order valence-electron chi connectivity index (χ0n) is 10.1. The van der Waals surface area contributed by atoms with E-state index in [0.717, 1.165) is 18.6 Å². The number of sulfone groups is 2. The van der Waals surface area contributed by atoms with E-state index in [9.17, 15) is 21.6 Å². The van der Waals surface area contributed by atoms with Crippen LogP contribution in [0.2, 0.25) is 0 Å². The Morgan fingerprint density at radius 1 is 0.944 bits per heavy atom. The van der Waals surface area contributed by atoms with Crippen LogP contribution in [0, 0.1) is 0 Å². The van der Waals surface area contributed by atoms with Gasteiger partial charge < -0.3 is 5.32 Å². The molecule has 1 amide bonds. The standard InChI is InChI=1S/C10H13NO5S2/c1-7(12)11-8-4-9(17(2,13)14)6-10(5-8)18(3,15)16/h4-6H,1-3H3,(H,11,12). The molecule has 0 fully saturated rings. The van der Waals surface area contributed by atoms with Crippen LogP contribution in [0.25, 0.3) is 0 Å². The molecule has 0 aliphatic carbocycles. The number of carbonyl (C=O) groups is 1. The first-order valence-electron chi connectivity index (χ1n) is 4.83. The lowest BCUT2D eigenvalue weighted by Gasteiger charge is -2.08. The molecule has 100 valence electrons. The molecular weight excluding hydrogens is 278 g/mol. The number of hydrogen-bond donors (Lipinski definition) is 1. The number of anilines is 1. The average molecular weight is 291 g/mol. The fourth-order valence-electron chi connectivity index (χ4n) is 1.28. The Hall–Kier alpha value is -1.41. The smallest absolute Gasteiger partial charge is 0.221 e. The molecule has 1 aromatic rings. The molecule has 0 spiro atoms. The molecule has 1 rings (SSSR count). The summed E-state index contributed by atoms with van der Waals surface area (Å²) in [6.07, 6.45) is 1.93. The summed E-state index contributed by atoms with van der Waals surface area (Å²) >= 11 is 0. The molecule has 0 aliphatic heterocycles. The molecule has 0 heterocycles. The van der Waals surface area contributed by atoms with Crippen LogP contribution in [0.15, 0.2) is 28.0 Å². The Kier molecular flexibility index (Phi) is 3.82. The van der Waals surface area contributed by atoms with Crippen molar-refractivity contribution in [3.8, 4) is 0 Å². The monoisotopic (exact) mass is 291 g/mol. The molecule has 8 heteroatoms. The highest BCUT2D eigenvalue weighted by atomic mass is 32.2. The van der Waals surface area contributed by atoms with E-state index in [2.05, 4.69) is 5.32 Å². The predicted octanol–water partition coefficient (Wildman–Crippen LogP) is 0.452. The van der Waals surface area contributed by atoms with Gasteiger partial charge in [-0.25, -0.2) is 16.8 Å². The Morgan fingerprint density at radius 3 is 1.61 bits per heavy atom. The first-order valence-corrected chi connectivity index (χ1v) is 8.61. The van der Waals surface area contributed by atoms with Gasteiger partial charge in [0.05, 0.1) is 9.79 Å². The molecule has 0 saturated carbocycles. The molecule has 0 saturated heterocycles. The maximum Gasteiger partial charge on any atom is 0.221 e. The normalized spacial score (nSPS) is 12.2. The molecule has 0 bridgehead atoms. The summed E-state index contributed by atoms with van der Waals surface area (Å²) < 4.78 is 45.8. The maximum atomic E-state index is 11.4. The SMILES string of the molecule is CC(=O)Nc1cc(S(C)(=O)=O)cc(S(C)(=O)=O)c1. The van der Waals surface area contributed by atoms with Crippen molar-refractivity contribution in [3.63, 3.8) is 0 Å². The van der Waals surface area contributed by atoms with Gasteiger partial charge in [-0.15, -0.1) is 0 Å². The third kappa shape index (κ3) is 3.81. The maximum absolute atomic E-state index is 11.4. The van der Waals surface area contributed by atoms with Crippen molar-refractivity contribution in [1.29, 1.82) is 0 Å². The minimum absolute atomic E-state index is 0.130. The Balaban J connectivity index is 3.53. The molecule has 0 unspecified atom stereocenters. The number of benzene rings is 1. The van der Waals surface area contributed by atoms with Crippen molar-refractivity contribution in [2.75, 3.05) is 17.8 Å². The van der Waals surface area contributed by atoms with E-state index in [-0.39, 0.29) is 15.5 Å². The van der Waals surface area contributed by atoms with Crippen molar-refractivity contribution in [1.82, 2.24) is 0 Å². The minimum atomic E-state index is -3.56. The highest BCUT2D eigenvalue weighted by Gasteiger charge is 2.15. The molecule has 0 aromatic heterocycles. The van der Waals surface area contributed by atoms with Crippen LogP contribution >= 0.6 is 0 Å². The predicted molar refractivity (Wildman–Crippen MR) is 67.0 cm³/mol. The lowest BCUT2D eigenvalue weighted by atomic mass is 10.3. The van der Waals surface area contributed by atoms with E-state index < -0.39 is 25.6 Å². The van der Waals surface area contributed by atoms with E-state index in [4.69, 9.17) is 0 Å². The van der Waals surface area contributed by atoms with Crippen LogP contribution < -0.4 is 5.32 Å². The lowest BCUT2D eigenvalue weighted by Crippen LogP contribution is -2.09. The van der Waals surface area contributed by atoms with Crippen LogP contribution in [0.3, 0.4) is 0 Å². The number of nitrogens with one attached hydrogen (secondary N) is 1. The second-order valence-electron chi connectivity index (χ2n) is 3.92. The van der Waals surface area contributed by atoms with Gasteiger partial charge in [-0.1, -0.05) is 0 Å². The summed E-state index contributed by atoms with van der Waals surface area (Å²) in [5.74, 6) is -0.417. The van der Waals surface area contributed by atoms with E-state index in [1.54, 1.807) is 0 Å². The molecule has 1 N–H and O–H groups in total. The largest absolute Gasteiger partial charge is 0.326 e. The van der Waals surface area contributed by atoms with Gasteiger partial charge in [0.25, 0.3) is 0 Å². The molecule has 1 aromatic carbocycles. The third-order valence-electron chi connectivity index (χ3n) is 2.06. The number of amides is 1. The quantitative estimate of drug-likeness (QED) is 0.872. The van der Waals surface area contributed by atoms with E-state index in [1.165, 1.54) is 19.1 Å². The van der Waals surface area contributed by atoms with Crippen molar-refractivity contribution >= 4 is 31.3 Å². The molecule has 0 aliphatic rings. The van der Waals surface area contributed by atoms with Crippen molar-refractivity contribution < 1.29 is 21.6 Å². The van der Waals surface area contributed by atoms with Gasteiger partial charge in [0, 0.05) is 25.1 Å². The molecule has 0 radical (unpaired) electrons. The van der Waals surface area contributed by atoms with Gasteiger partial charge in [-0.3, -0.25) is 4.79 Å². The zero-order chi connectivity index (χ0) is 14.1. The summed E-state index contributed by atoms with van der Waals surface area (Å²) in [5, 5.41) is 2.36. The first-order chi connectivity index (χ1) is 8.00. The number of rotatable bonds is 3. The fraction of sp³-hybridized carbons (Fsp3) is 0.300. The van der Waals surface area contributed by atoms with Gasteiger partial charge in [0.15, 0.2) is 19.7 Å². The minimum Gasteiger partial charge on any atom is -0.326 e. The summed E-state index contributed by atoms with van der Waals surface area (Å²) in [7, 11) is -7.12. The van der Waals surface area contributed by atoms with Crippen LogP contribution in [-0.2, 0) is 24.5 Å². The van der Waals surface area contributed by atoms with Gasteiger partial charge in [0.2, 0.25) is 5.91 Å². The summed E-state index contributed by atoms with van der Waals surface area (Å²) in [5.41, 5.74) is 0.130. The second-order valence-corrected chi connectivity index (χ2v) is 7.95. The van der Waals surface area contributed by atoms with Gasteiger partial charge in [-0.2, -0.15) is 0 Å². The third-order valence-corrected chi connectivity index (χ3v) is 4.24.